The molecular formula is C13H24N4. The largest absolute Gasteiger partial charge is 0.359 e. The number of rotatable bonds is 4. The molecule has 1 N–H and O–H groups in total. The van der Waals surface area contributed by atoms with Crippen LogP contribution in [0.1, 0.15) is 31.9 Å². The second-order valence-corrected chi connectivity index (χ2v) is 5.05. The number of nitrogens with zero attached hydrogens (tertiary/aromatic N) is 3. The van der Waals surface area contributed by atoms with Crippen LogP contribution in [0.25, 0.3) is 0 Å². The number of nitrogens with one attached hydrogen (secondary N) is 1. The van der Waals surface area contributed by atoms with Crippen LogP contribution in [0, 0.1) is 6.92 Å². The van der Waals surface area contributed by atoms with Gasteiger partial charge in [-0.05, 0) is 39.8 Å². The van der Waals surface area contributed by atoms with E-state index >= 15 is 0 Å². The third-order valence-electron chi connectivity index (χ3n) is 3.60. The highest BCUT2D eigenvalue weighted by Crippen LogP contribution is 2.15. The van der Waals surface area contributed by atoms with E-state index < -0.39 is 0 Å². The first-order valence-corrected chi connectivity index (χ1v) is 6.66. The van der Waals surface area contributed by atoms with Gasteiger partial charge >= 0.3 is 0 Å². The monoisotopic (exact) mass is 236 g/mol. The van der Waals surface area contributed by atoms with E-state index in [0.29, 0.717) is 6.04 Å². The summed E-state index contributed by atoms with van der Waals surface area (Å²) in [7, 11) is 1.93. The topological polar surface area (TPSA) is 33.1 Å². The lowest BCUT2D eigenvalue weighted by Gasteiger charge is -2.32. The number of hydrogen-bond acceptors (Lipinski definition) is 3. The molecule has 0 bridgehead atoms. The molecule has 96 valence electrons. The van der Waals surface area contributed by atoms with Gasteiger partial charge in [-0.1, -0.05) is 6.42 Å². The first kappa shape index (κ1) is 12.4. The molecule has 2 rings (SSSR count). The molecule has 1 atom stereocenters. The van der Waals surface area contributed by atoms with Gasteiger partial charge in [-0.3, -0.25) is 4.90 Å². The molecule has 0 radical (unpaired) electrons. The lowest BCUT2D eigenvalue weighted by Crippen LogP contribution is -2.39. The zero-order valence-corrected chi connectivity index (χ0v) is 11.2. The molecular weight excluding hydrogens is 212 g/mol. The first-order chi connectivity index (χ1) is 8.20. The molecule has 0 spiro atoms. The molecule has 2 heterocycles. The highest BCUT2D eigenvalue weighted by molar-refractivity contribution is 5.27. The maximum atomic E-state index is 4.46. The summed E-state index contributed by atoms with van der Waals surface area (Å²) >= 11 is 0. The minimum absolute atomic E-state index is 0.594. The molecule has 0 amide bonds. The molecule has 0 saturated carbocycles. The van der Waals surface area contributed by atoms with Gasteiger partial charge in [0.05, 0.1) is 5.69 Å². The molecule has 1 aromatic rings. The zero-order valence-electron chi connectivity index (χ0n) is 11.2. The van der Waals surface area contributed by atoms with Gasteiger partial charge in [-0.15, -0.1) is 0 Å². The highest BCUT2D eigenvalue weighted by Gasteiger charge is 2.17. The molecule has 1 unspecified atom stereocenters. The Bertz CT molecular complexity index is 352. The highest BCUT2D eigenvalue weighted by atomic mass is 15.2. The molecule has 4 nitrogen and oxygen atoms in total. The average Bonchev–Trinajstić information content (AvgIpc) is 2.70. The first-order valence-electron chi connectivity index (χ1n) is 6.66. The Hall–Kier alpha value is -1.03. The van der Waals surface area contributed by atoms with Gasteiger partial charge in [0.15, 0.2) is 0 Å². The lowest BCUT2D eigenvalue weighted by molar-refractivity contribution is 0.160. The Morgan fingerprint density at radius 1 is 1.35 bits per heavy atom. The van der Waals surface area contributed by atoms with E-state index in [1.807, 2.05) is 14.0 Å². The van der Waals surface area contributed by atoms with Crippen molar-refractivity contribution < 1.29 is 0 Å². The van der Waals surface area contributed by atoms with Crippen LogP contribution in [-0.4, -0.2) is 40.6 Å². The summed E-state index contributed by atoms with van der Waals surface area (Å²) in [6.45, 7) is 7.90. The normalized spacial score (nSPS) is 19.2. The SMILES string of the molecule is CNc1nc(C)cn1CC(C)N1CCCCC1. The minimum atomic E-state index is 0.594. The Kier molecular flexibility index (Phi) is 4.05. The number of anilines is 1. The van der Waals surface area contributed by atoms with Crippen molar-refractivity contribution in [2.24, 2.45) is 0 Å². The summed E-state index contributed by atoms with van der Waals surface area (Å²) in [5, 5.41) is 3.16. The summed E-state index contributed by atoms with van der Waals surface area (Å²) in [6.07, 6.45) is 6.24. The van der Waals surface area contributed by atoms with E-state index in [9.17, 15) is 0 Å². The number of imidazole rings is 1. The van der Waals surface area contributed by atoms with Crippen molar-refractivity contribution >= 4 is 5.95 Å². The molecule has 1 aliphatic rings. The van der Waals surface area contributed by atoms with Crippen molar-refractivity contribution in [2.45, 2.75) is 45.7 Å². The minimum Gasteiger partial charge on any atom is -0.359 e. The standard InChI is InChI=1S/C13H24N4/c1-11-9-17(13(14-3)15-11)10-12(2)16-7-5-4-6-8-16/h9,12H,4-8,10H2,1-3H3,(H,14,15). The summed E-state index contributed by atoms with van der Waals surface area (Å²) in [5.74, 6) is 0.978. The Morgan fingerprint density at radius 3 is 2.71 bits per heavy atom. The van der Waals surface area contributed by atoms with Gasteiger partial charge < -0.3 is 9.88 Å². The average molecular weight is 236 g/mol. The molecule has 4 heteroatoms. The summed E-state index contributed by atoms with van der Waals surface area (Å²) in [6, 6.07) is 0.594. The quantitative estimate of drug-likeness (QED) is 0.869. The molecule has 1 saturated heterocycles. The summed E-state index contributed by atoms with van der Waals surface area (Å²) < 4.78 is 2.23. The smallest absolute Gasteiger partial charge is 0.202 e. The molecule has 0 aromatic carbocycles. The maximum Gasteiger partial charge on any atom is 0.202 e. The molecule has 1 aromatic heterocycles. The molecule has 17 heavy (non-hydrogen) atoms. The van der Waals surface area contributed by atoms with Crippen LogP contribution < -0.4 is 5.32 Å². The fraction of sp³-hybridized carbons (Fsp3) is 0.769. The van der Waals surface area contributed by atoms with Crippen molar-refractivity contribution in [3.05, 3.63) is 11.9 Å². The van der Waals surface area contributed by atoms with Crippen LogP contribution in [0.4, 0.5) is 5.95 Å². The number of hydrogen-bond donors (Lipinski definition) is 1. The van der Waals surface area contributed by atoms with Gasteiger partial charge in [-0.25, -0.2) is 4.98 Å². The number of aryl methyl sites for hydroxylation is 1. The number of likely N-dealkylation sites (tertiary alicyclic amines) is 1. The lowest BCUT2D eigenvalue weighted by atomic mass is 10.1. The fourth-order valence-corrected chi connectivity index (χ4v) is 2.64. The van der Waals surface area contributed by atoms with E-state index in [0.717, 1.165) is 18.2 Å². The van der Waals surface area contributed by atoms with Gasteiger partial charge in [0.2, 0.25) is 5.95 Å². The van der Waals surface area contributed by atoms with E-state index in [2.05, 4.69) is 32.9 Å². The zero-order chi connectivity index (χ0) is 12.3. The second-order valence-electron chi connectivity index (χ2n) is 5.05. The van der Waals surface area contributed by atoms with Crippen LogP contribution in [0.3, 0.4) is 0 Å². The van der Waals surface area contributed by atoms with Crippen LogP contribution in [0.5, 0.6) is 0 Å². The summed E-state index contributed by atoms with van der Waals surface area (Å²) in [5.41, 5.74) is 1.08. The van der Waals surface area contributed by atoms with Gasteiger partial charge in [-0.2, -0.15) is 0 Å². The van der Waals surface area contributed by atoms with E-state index in [-0.39, 0.29) is 0 Å². The van der Waals surface area contributed by atoms with Crippen LogP contribution in [0.15, 0.2) is 6.20 Å². The van der Waals surface area contributed by atoms with Gasteiger partial charge in [0.1, 0.15) is 0 Å². The van der Waals surface area contributed by atoms with Crippen LogP contribution >= 0.6 is 0 Å². The van der Waals surface area contributed by atoms with Crippen molar-refractivity contribution in [3.63, 3.8) is 0 Å². The molecule has 1 aliphatic heterocycles. The fourth-order valence-electron chi connectivity index (χ4n) is 2.64. The van der Waals surface area contributed by atoms with Crippen LogP contribution in [-0.2, 0) is 6.54 Å². The Labute approximate surface area is 104 Å². The van der Waals surface area contributed by atoms with E-state index in [4.69, 9.17) is 0 Å². The summed E-state index contributed by atoms with van der Waals surface area (Å²) in [4.78, 5) is 7.06. The molecule has 0 aliphatic carbocycles. The molecule has 1 fully saturated rings. The third-order valence-corrected chi connectivity index (χ3v) is 3.60. The third kappa shape index (κ3) is 3.00. The van der Waals surface area contributed by atoms with Crippen molar-refractivity contribution in [2.75, 3.05) is 25.5 Å². The second kappa shape index (κ2) is 5.54. The Balaban J connectivity index is 1.98. The van der Waals surface area contributed by atoms with Gasteiger partial charge in [0, 0.05) is 25.8 Å². The van der Waals surface area contributed by atoms with Crippen molar-refractivity contribution in [1.29, 1.82) is 0 Å². The van der Waals surface area contributed by atoms with Crippen molar-refractivity contribution in [1.82, 2.24) is 14.5 Å². The van der Waals surface area contributed by atoms with E-state index in [1.54, 1.807) is 0 Å². The van der Waals surface area contributed by atoms with Crippen LogP contribution in [0.2, 0.25) is 0 Å². The number of piperidine rings is 1. The predicted octanol–water partition coefficient (Wildman–Crippen LogP) is 2.11. The predicted molar refractivity (Wildman–Crippen MR) is 71.4 cm³/mol. The number of aromatic nitrogens is 2. The van der Waals surface area contributed by atoms with E-state index in [1.165, 1.54) is 32.4 Å². The Morgan fingerprint density at radius 2 is 2.06 bits per heavy atom. The van der Waals surface area contributed by atoms with Crippen molar-refractivity contribution in [3.8, 4) is 0 Å². The maximum absolute atomic E-state index is 4.46. The van der Waals surface area contributed by atoms with Gasteiger partial charge in [0.25, 0.3) is 0 Å².